The number of hydrogen-bond donors (Lipinski definition) is 1. The van der Waals surface area contributed by atoms with Crippen LogP contribution in [0.15, 0.2) is 0 Å². The van der Waals surface area contributed by atoms with E-state index >= 15 is 0 Å². The summed E-state index contributed by atoms with van der Waals surface area (Å²) in [5.74, 6) is 4.90. The molecule has 5 rings (SSSR count). The van der Waals surface area contributed by atoms with E-state index in [0.717, 1.165) is 55.6 Å². The molecule has 2 nitrogen and oxygen atoms in total. The Morgan fingerprint density at radius 3 is 1.88 bits per heavy atom. The molecule has 4 saturated carbocycles. The van der Waals surface area contributed by atoms with Gasteiger partial charge in [-0.1, -0.05) is 0 Å². The molecule has 4 bridgehead atoms. The Hall–Kier alpha value is -0.0800. The number of hydrogen-bond acceptors (Lipinski definition) is 2. The van der Waals surface area contributed by atoms with E-state index in [-0.39, 0.29) is 5.54 Å². The Labute approximate surface area is 104 Å². The molecule has 1 heterocycles. The highest BCUT2D eigenvalue weighted by molar-refractivity contribution is 5.07. The van der Waals surface area contributed by atoms with Crippen LogP contribution in [0.5, 0.6) is 0 Å². The summed E-state index contributed by atoms with van der Waals surface area (Å²) in [6, 6.07) is 0. The van der Waals surface area contributed by atoms with E-state index in [0.29, 0.717) is 0 Å². The lowest BCUT2D eigenvalue weighted by Gasteiger charge is -2.59. The summed E-state index contributed by atoms with van der Waals surface area (Å²) in [7, 11) is 0. The van der Waals surface area contributed by atoms with Crippen LogP contribution in [0.3, 0.4) is 0 Å². The molecule has 0 aromatic heterocycles. The van der Waals surface area contributed by atoms with E-state index < -0.39 is 0 Å². The van der Waals surface area contributed by atoms with Gasteiger partial charge < -0.3 is 10.5 Å². The first-order chi connectivity index (χ1) is 8.24. The van der Waals surface area contributed by atoms with Gasteiger partial charge in [-0.15, -0.1) is 0 Å². The number of nitrogens with two attached hydrogens (primary N) is 1. The Morgan fingerprint density at radius 1 is 0.824 bits per heavy atom. The molecular formula is C15H25NO. The summed E-state index contributed by atoms with van der Waals surface area (Å²) in [6.45, 7) is 1.80. The second-order valence-electron chi connectivity index (χ2n) is 7.30. The Balaban J connectivity index is 1.61. The first-order valence-electron chi connectivity index (χ1n) is 7.61. The molecule has 4 aliphatic carbocycles. The predicted molar refractivity (Wildman–Crippen MR) is 67.5 cm³/mol. The van der Waals surface area contributed by atoms with E-state index in [1.807, 2.05) is 0 Å². The smallest absolute Gasteiger partial charge is 0.0483 e. The monoisotopic (exact) mass is 235 g/mol. The van der Waals surface area contributed by atoms with Crippen LogP contribution in [-0.2, 0) is 4.74 Å². The molecule has 0 spiro atoms. The predicted octanol–water partition coefficient (Wildman–Crippen LogP) is 2.57. The van der Waals surface area contributed by atoms with Crippen molar-refractivity contribution < 1.29 is 4.74 Å². The molecule has 96 valence electrons. The molecule has 0 unspecified atom stereocenters. The van der Waals surface area contributed by atoms with E-state index in [1.165, 1.54) is 25.7 Å². The van der Waals surface area contributed by atoms with Crippen LogP contribution in [0.25, 0.3) is 0 Å². The second-order valence-corrected chi connectivity index (χ2v) is 7.30. The average Bonchev–Trinajstić information content (AvgIpc) is 2.27. The summed E-state index contributed by atoms with van der Waals surface area (Å²) in [6.07, 6.45) is 9.75. The highest BCUT2D eigenvalue weighted by atomic mass is 16.5. The molecule has 2 N–H and O–H groups in total. The van der Waals surface area contributed by atoms with Crippen LogP contribution in [0.2, 0.25) is 0 Å². The molecular weight excluding hydrogens is 210 g/mol. The summed E-state index contributed by atoms with van der Waals surface area (Å²) >= 11 is 0. The van der Waals surface area contributed by atoms with Crippen LogP contribution >= 0.6 is 0 Å². The van der Waals surface area contributed by atoms with Crippen molar-refractivity contribution in [2.24, 2.45) is 35.3 Å². The van der Waals surface area contributed by atoms with Gasteiger partial charge in [0.15, 0.2) is 0 Å². The largest absolute Gasteiger partial charge is 0.381 e. The minimum atomic E-state index is 0.126. The fourth-order valence-corrected chi connectivity index (χ4v) is 5.95. The SMILES string of the molecule is NC1(C2C3CC4CC(C3)CC2C4)CCOCC1. The molecule has 0 aromatic carbocycles. The van der Waals surface area contributed by atoms with Gasteiger partial charge in [0, 0.05) is 18.8 Å². The van der Waals surface area contributed by atoms with Crippen LogP contribution < -0.4 is 5.73 Å². The Bertz CT molecular complexity index is 280. The Morgan fingerprint density at radius 2 is 1.35 bits per heavy atom. The van der Waals surface area contributed by atoms with E-state index in [9.17, 15) is 0 Å². The molecule has 0 aromatic rings. The molecule has 0 atom stereocenters. The zero-order valence-electron chi connectivity index (χ0n) is 10.7. The van der Waals surface area contributed by atoms with Crippen molar-refractivity contribution in [1.82, 2.24) is 0 Å². The zero-order chi connectivity index (χ0) is 11.5. The minimum Gasteiger partial charge on any atom is -0.381 e. The first kappa shape index (κ1) is 10.8. The molecule has 5 aliphatic rings. The van der Waals surface area contributed by atoms with Gasteiger partial charge in [0.25, 0.3) is 0 Å². The molecule has 0 amide bonds. The van der Waals surface area contributed by atoms with Crippen molar-refractivity contribution in [3.05, 3.63) is 0 Å². The average molecular weight is 235 g/mol. The maximum atomic E-state index is 6.80. The summed E-state index contributed by atoms with van der Waals surface area (Å²) in [5, 5.41) is 0. The maximum absolute atomic E-state index is 6.80. The maximum Gasteiger partial charge on any atom is 0.0483 e. The van der Waals surface area contributed by atoms with Crippen molar-refractivity contribution >= 4 is 0 Å². The standard InChI is InChI=1S/C15H25NO/c16-15(1-3-17-4-2-15)14-12-6-10-5-11(8-12)9-13(14)7-10/h10-14H,1-9,16H2. The molecule has 1 aliphatic heterocycles. The summed E-state index contributed by atoms with van der Waals surface area (Å²) in [5.41, 5.74) is 6.93. The van der Waals surface area contributed by atoms with Crippen molar-refractivity contribution in [3.63, 3.8) is 0 Å². The lowest BCUT2D eigenvalue weighted by Crippen LogP contribution is -2.61. The van der Waals surface area contributed by atoms with Gasteiger partial charge in [0.2, 0.25) is 0 Å². The van der Waals surface area contributed by atoms with Crippen LogP contribution in [-0.4, -0.2) is 18.8 Å². The third-order valence-electron chi connectivity index (χ3n) is 6.31. The highest BCUT2D eigenvalue weighted by Gasteiger charge is 2.54. The van der Waals surface area contributed by atoms with E-state index in [2.05, 4.69) is 0 Å². The lowest BCUT2D eigenvalue weighted by atomic mass is 9.47. The van der Waals surface area contributed by atoms with Crippen LogP contribution in [0.4, 0.5) is 0 Å². The molecule has 5 fully saturated rings. The van der Waals surface area contributed by atoms with Gasteiger partial charge in [0.1, 0.15) is 0 Å². The quantitative estimate of drug-likeness (QED) is 0.758. The highest BCUT2D eigenvalue weighted by Crippen LogP contribution is 2.59. The number of ether oxygens (including phenoxy) is 1. The topological polar surface area (TPSA) is 35.2 Å². The molecule has 2 heteroatoms. The number of rotatable bonds is 1. The van der Waals surface area contributed by atoms with Gasteiger partial charge in [-0.05, 0) is 74.5 Å². The Kier molecular flexibility index (Phi) is 2.36. The van der Waals surface area contributed by atoms with Crippen molar-refractivity contribution in [3.8, 4) is 0 Å². The van der Waals surface area contributed by atoms with Gasteiger partial charge in [-0.3, -0.25) is 0 Å². The zero-order valence-corrected chi connectivity index (χ0v) is 10.7. The van der Waals surface area contributed by atoms with Gasteiger partial charge in [0.05, 0.1) is 0 Å². The van der Waals surface area contributed by atoms with Gasteiger partial charge >= 0.3 is 0 Å². The van der Waals surface area contributed by atoms with Crippen LogP contribution in [0, 0.1) is 29.6 Å². The third-order valence-corrected chi connectivity index (χ3v) is 6.31. The van der Waals surface area contributed by atoms with Gasteiger partial charge in [-0.2, -0.15) is 0 Å². The molecule has 0 radical (unpaired) electrons. The fourth-order valence-electron chi connectivity index (χ4n) is 5.95. The van der Waals surface area contributed by atoms with Crippen molar-refractivity contribution in [1.29, 1.82) is 0 Å². The van der Waals surface area contributed by atoms with E-state index in [1.54, 1.807) is 6.42 Å². The summed E-state index contributed by atoms with van der Waals surface area (Å²) in [4.78, 5) is 0. The third kappa shape index (κ3) is 1.60. The lowest BCUT2D eigenvalue weighted by molar-refractivity contribution is -0.0934. The van der Waals surface area contributed by atoms with E-state index in [4.69, 9.17) is 10.5 Å². The van der Waals surface area contributed by atoms with Crippen molar-refractivity contribution in [2.45, 2.75) is 50.5 Å². The van der Waals surface area contributed by atoms with Crippen molar-refractivity contribution in [2.75, 3.05) is 13.2 Å². The fraction of sp³-hybridized carbons (Fsp3) is 1.00. The first-order valence-corrected chi connectivity index (χ1v) is 7.61. The normalized spacial score (nSPS) is 51.7. The van der Waals surface area contributed by atoms with Crippen LogP contribution in [0.1, 0.15) is 44.9 Å². The molecule has 1 saturated heterocycles. The molecule has 17 heavy (non-hydrogen) atoms. The van der Waals surface area contributed by atoms with Gasteiger partial charge in [-0.25, -0.2) is 0 Å². The second kappa shape index (κ2) is 3.71. The minimum absolute atomic E-state index is 0.126. The summed E-state index contributed by atoms with van der Waals surface area (Å²) < 4.78 is 5.53.